The molecule has 0 bridgehead atoms. The van der Waals surface area contributed by atoms with Gasteiger partial charge in [-0.1, -0.05) is 20.8 Å². The quantitative estimate of drug-likeness (QED) is 0.698. The van der Waals surface area contributed by atoms with Crippen LogP contribution in [0.4, 0.5) is 8.78 Å². The van der Waals surface area contributed by atoms with E-state index in [2.05, 4.69) is 0 Å². The molecule has 0 spiro atoms. The second-order valence-corrected chi connectivity index (χ2v) is 4.33. The molecule has 0 N–H and O–H groups in total. The average Bonchev–Trinajstić information content (AvgIpc) is 2.24. The van der Waals surface area contributed by atoms with Crippen LogP contribution in [-0.4, -0.2) is 0 Å². The smallest absolute Gasteiger partial charge is 0.129 e. The van der Waals surface area contributed by atoms with Crippen molar-refractivity contribution >= 4 is 0 Å². The highest BCUT2D eigenvalue weighted by Crippen LogP contribution is 2.32. The molecule has 0 atom stereocenters. The van der Waals surface area contributed by atoms with Gasteiger partial charge in [-0.05, 0) is 42.9 Å². The third kappa shape index (κ3) is 2.19. The minimum Gasteiger partial charge on any atom is -0.207 e. The second kappa shape index (κ2) is 4.30. The molecule has 1 aromatic rings. The summed E-state index contributed by atoms with van der Waals surface area (Å²) in [4.78, 5) is 0. The highest BCUT2D eigenvalue weighted by Gasteiger charge is 2.24. The fourth-order valence-electron chi connectivity index (χ4n) is 1.65. The standard InChI is InChI=1S/C13H18F2/c1-5-13(4,6-2)10-7-11(14)9(3)12(15)8-10/h7-8H,5-6H2,1-4H3. The van der Waals surface area contributed by atoms with E-state index in [1.165, 1.54) is 19.1 Å². The molecule has 0 aliphatic rings. The number of hydrogen-bond acceptors (Lipinski definition) is 0. The van der Waals surface area contributed by atoms with E-state index in [1.807, 2.05) is 20.8 Å². The Bertz CT molecular complexity index is 329. The summed E-state index contributed by atoms with van der Waals surface area (Å²) in [6, 6.07) is 2.93. The van der Waals surface area contributed by atoms with Gasteiger partial charge >= 0.3 is 0 Å². The van der Waals surface area contributed by atoms with Crippen LogP contribution < -0.4 is 0 Å². The zero-order valence-corrected chi connectivity index (χ0v) is 9.82. The normalized spacial score (nSPS) is 11.9. The Morgan fingerprint density at radius 3 is 1.80 bits per heavy atom. The van der Waals surface area contributed by atoms with E-state index in [0.717, 1.165) is 18.4 Å². The van der Waals surface area contributed by atoms with E-state index < -0.39 is 11.6 Å². The van der Waals surface area contributed by atoms with Gasteiger partial charge in [0.2, 0.25) is 0 Å². The summed E-state index contributed by atoms with van der Waals surface area (Å²) in [5.74, 6) is -0.892. The first-order chi connectivity index (χ1) is 6.94. The molecule has 0 saturated carbocycles. The van der Waals surface area contributed by atoms with E-state index in [0.29, 0.717) is 0 Å². The molecule has 1 aromatic carbocycles. The largest absolute Gasteiger partial charge is 0.207 e. The Balaban J connectivity index is 3.27. The first-order valence-electron chi connectivity index (χ1n) is 5.40. The highest BCUT2D eigenvalue weighted by molar-refractivity contribution is 5.30. The van der Waals surface area contributed by atoms with Crippen LogP contribution in [0.25, 0.3) is 0 Å². The van der Waals surface area contributed by atoms with Gasteiger partial charge in [0, 0.05) is 5.56 Å². The minimum atomic E-state index is -0.446. The van der Waals surface area contributed by atoms with Crippen molar-refractivity contribution in [1.82, 2.24) is 0 Å². The van der Waals surface area contributed by atoms with Crippen molar-refractivity contribution in [2.75, 3.05) is 0 Å². The van der Waals surface area contributed by atoms with Crippen LogP contribution in [0.2, 0.25) is 0 Å². The fraction of sp³-hybridized carbons (Fsp3) is 0.538. The van der Waals surface area contributed by atoms with Crippen LogP contribution in [0.1, 0.15) is 44.7 Å². The predicted octanol–water partition coefficient (Wildman–Crippen LogP) is 4.35. The molecule has 0 aromatic heterocycles. The van der Waals surface area contributed by atoms with Crippen molar-refractivity contribution < 1.29 is 8.78 Å². The van der Waals surface area contributed by atoms with Gasteiger partial charge in [-0.3, -0.25) is 0 Å². The van der Waals surface area contributed by atoms with E-state index in [4.69, 9.17) is 0 Å². The molecular weight excluding hydrogens is 194 g/mol. The van der Waals surface area contributed by atoms with E-state index in [-0.39, 0.29) is 11.0 Å². The maximum atomic E-state index is 13.4. The van der Waals surface area contributed by atoms with E-state index in [9.17, 15) is 8.78 Å². The van der Waals surface area contributed by atoms with Gasteiger partial charge < -0.3 is 0 Å². The summed E-state index contributed by atoms with van der Waals surface area (Å²) < 4.78 is 26.8. The van der Waals surface area contributed by atoms with Crippen molar-refractivity contribution in [1.29, 1.82) is 0 Å². The van der Waals surface area contributed by atoms with E-state index >= 15 is 0 Å². The first kappa shape index (κ1) is 12.2. The molecule has 15 heavy (non-hydrogen) atoms. The molecule has 84 valence electrons. The van der Waals surface area contributed by atoms with Crippen molar-refractivity contribution in [2.24, 2.45) is 0 Å². The monoisotopic (exact) mass is 212 g/mol. The predicted molar refractivity (Wildman–Crippen MR) is 59.0 cm³/mol. The lowest BCUT2D eigenvalue weighted by molar-refractivity contribution is 0.430. The summed E-state index contributed by atoms with van der Waals surface area (Å²) in [5, 5.41) is 0. The average molecular weight is 212 g/mol. The molecular formula is C13H18F2. The third-order valence-corrected chi connectivity index (χ3v) is 3.54. The lowest BCUT2D eigenvalue weighted by atomic mass is 9.77. The highest BCUT2D eigenvalue weighted by atomic mass is 19.1. The van der Waals surface area contributed by atoms with Crippen LogP contribution in [0.3, 0.4) is 0 Å². The van der Waals surface area contributed by atoms with Gasteiger partial charge in [0.05, 0.1) is 0 Å². The number of hydrogen-bond donors (Lipinski definition) is 0. The Morgan fingerprint density at radius 2 is 1.47 bits per heavy atom. The van der Waals surface area contributed by atoms with Gasteiger partial charge in [-0.2, -0.15) is 0 Å². The maximum Gasteiger partial charge on any atom is 0.129 e. The minimum absolute atomic E-state index is 0.105. The van der Waals surface area contributed by atoms with Crippen molar-refractivity contribution in [3.8, 4) is 0 Å². The van der Waals surface area contributed by atoms with Crippen molar-refractivity contribution in [2.45, 2.75) is 46.0 Å². The Kier molecular flexibility index (Phi) is 3.48. The molecule has 0 unspecified atom stereocenters. The number of halogens is 2. The Hall–Kier alpha value is -0.920. The summed E-state index contributed by atoms with van der Waals surface area (Å²) in [6.07, 6.45) is 1.76. The Labute approximate surface area is 90.3 Å². The van der Waals surface area contributed by atoms with Crippen LogP contribution in [0.5, 0.6) is 0 Å². The number of benzene rings is 1. The van der Waals surface area contributed by atoms with Crippen LogP contribution in [0, 0.1) is 18.6 Å². The van der Waals surface area contributed by atoms with Gasteiger partial charge in [0.15, 0.2) is 0 Å². The van der Waals surface area contributed by atoms with Gasteiger partial charge in [0.25, 0.3) is 0 Å². The summed E-state index contributed by atoms with van der Waals surface area (Å²) in [6.45, 7) is 7.58. The molecule has 0 saturated heterocycles. The number of rotatable bonds is 3. The first-order valence-corrected chi connectivity index (χ1v) is 5.40. The molecule has 0 fully saturated rings. The van der Waals surface area contributed by atoms with Gasteiger partial charge in [0.1, 0.15) is 11.6 Å². The van der Waals surface area contributed by atoms with Crippen LogP contribution >= 0.6 is 0 Å². The fourth-order valence-corrected chi connectivity index (χ4v) is 1.65. The molecule has 0 radical (unpaired) electrons. The molecule has 0 aliphatic carbocycles. The maximum absolute atomic E-state index is 13.4. The molecule has 0 amide bonds. The Morgan fingerprint density at radius 1 is 1.07 bits per heavy atom. The third-order valence-electron chi connectivity index (χ3n) is 3.54. The van der Waals surface area contributed by atoms with E-state index in [1.54, 1.807) is 0 Å². The van der Waals surface area contributed by atoms with Crippen molar-refractivity contribution in [3.05, 3.63) is 34.9 Å². The summed E-state index contributed by atoms with van der Waals surface area (Å²) in [5.41, 5.74) is 0.733. The molecule has 1 rings (SSSR count). The van der Waals surface area contributed by atoms with Crippen LogP contribution in [0.15, 0.2) is 12.1 Å². The molecule has 2 heteroatoms. The second-order valence-electron chi connectivity index (χ2n) is 4.33. The molecule has 0 nitrogen and oxygen atoms in total. The molecule has 0 aliphatic heterocycles. The van der Waals surface area contributed by atoms with Gasteiger partial charge in [-0.15, -0.1) is 0 Å². The zero-order chi connectivity index (χ0) is 11.6. The van der Waals surface area contributed by atoms with Gasteiger partial charge in [-0.25, -0.2) is 8.78 Å². The molecule has 0 heterocycles. The topological polar surface area (TPSA) is 0 Å². The lowest BCUT2D eigenvalue weighted by Crippen LogP contribution is -2.20. The summed E-state index contributed by atoms with van der Waals surface area (Å²) >= 11 is 0. The van der Waals surface area contributed by atoms with Crippen molar-refractivity contribution in [3.63, 3.8) is 0 Å². The lowest BCUT2D eigenvalue weighted by Gasteiger charge is -2.27. The SMILES string of the molecule is CCC(C)(CC)c1cc(F)c(C)c(F)c1. The van der Waals surface area contributed by atoms with Crippen LogP contribution in [-0.2, 0) is 5.41 Å². The summed E-state index contributed by atoms with van der Waals surface area (Å²) in [7, 11) is 0. The zero-order valence-electron chi connectivity index (χ0n) is 9.82.